The van der Waals surface area contributed by atoms with Gasteiger partial charge in [-0.1, -0.05) is 37.3 Å². The van der Waals surface area contributed by atoms with Gasteiger partial charge >= 0.3 is 5.97 Å². The molecule has 0 radical (unpaired) electrons. The first-order valence-corrected chi connectivity index (χ1v) is 8.69. The molecule has 0 bridgehead atoms. The first-order valence-electron chi connectivity index (χ1n) is 8.69. The zero-order valence-electron chi connectivity index (χ0n) is 14.4. The van der Waals surface area contributed by atoms with Crippen molar-refractivity contribution in [3.63, 3.8) is 0 Å². The maximum Gasteiger partial charge on any atom is 0.308 e. The Balaban J connectivity index is 1.90. The van der Waals surface area contributed by atoms with Crippen molar-refractivity contribution in [1.29, 1.82) is 0 Å². The number of benzene rings is 1. The van der Waals surface area contributed by atoms with Gasteiger partial charge in [-0.2, -0.15) is 0 Å². The van der Waals surface area contributed by atoms with Gasteiger partial charge in [0.1, 0.15) is 0 Å². The lowest BCUT2D eigenvalue weighted by Crippen LogP contribution is -2.39. The molecular formula is C19H28O5. The third-order valence-electron chi connectivity index (χ3n) is 4.88. The van der Waals surface area contributed by atoms with Crippen LogP contribution in [0.25, 0.3) is 0 Å². The van der Waals surface area contributed by atoms with E-state index in [9.17, 15) is 15.0 Å². The standard InChI is InChI=1S/C19H28O5/c1-3-24-19(22)13(2)15-9-10-16(20)18(15)17(21)12-23-11-14-7-5-4-6-8-14/h4-8,13,15-18,20-21H,3,9-12H2,1-2H3/t13-,15+,16-,17-,18-/m0/s1. The summed E-state index contributed by atoms with van der Waals surface area (Å²) >= 11 is 0. The van der Waals surface area contributed by atoms with Gasteiger partial charge in [0, 0.05) is 5.92 Å². The van der Waals surface area contributed by atoms with E-state index in [2.05, 4.69) is 0 Å². The Morgan fingerprint density at radius 1 is 1.29 bits per heavy atom. The summed E-state index contributed by atoms with van der Waals surface area (Å²) in [6.07, 6.45) is -0.105. The van der Waals surface area contributed by atoms with E-state index in [1.165, 1.54) is 0 Å². The van der Waals surface area contributed by atoms with Crippen LogP contribution in [0.5, 0.6) is 0 Å². The molecule has 0 amide bonds. The van der Waals surface area contributed by atoms with E-state index in [1.807, 2.05) is 37.3 Å². The first-order chi connectivity index (χ1) is 11.5. The van der Waals surface area contributed by atoms with E-state index in [1.54, 1.807) is 6.92 Å². The Bertz CT molecular complexity index is 504. The van der Waals surface area contributed by atoms with Crippen LogP contribution >= 0.6 is 0 Å². The molecule has 1 aliphatic rings. The third-order valence-corrected chi connectivity index (χ3v) is 4.88. The molecule has 5 nitrogen and oxygen atoms in total. The van der Waals surface area contributed by atoms with E-state index in [4.69, 9.17) is 9.47 Å². The molecule has 2 rings (SSSR count). The lowest BCUT2D eigenvalue weighted by atomic mass is 9.81. The van der Waals surface area contributed by atoms with E-state index in [0.717, 1.165) is 5.56 Å². The van der Waals surface area contributed by atoms with Gasteiger partial charge in [-0.15, -0.1) is 0 Å². The van der Waals surface area contributed by atoms with Crippen molar-refractivity contribution >= 4 is 5.97 Å². The molecule has 0 heterocycles. The smallest absolute Gasteiger partial charge is 0.308 e. The summed E-state index contributed by atoms with van der Waals surface area (Å²) < 4.78 is 10.7. The van der Waals surface area contributed by atoms with Gasteiger partial charge in [0.2, 0.25) is 0 Å². The molecule has 5 atom stereocenters. The van der Waals surface area contributed by atoms with E-state index in [0.29, 0.717) is 26.1 Å². The Morgan fingerprint density at radius 3 is 2.67 bits per heavy atom. The van der Waals surface area contributed by atoms with Crippen LogP contribution in [-0.4, -0.2) is 41.6 Å². The van der Waals surface area contributed by atoms with Gasteiger partial charge in [0.05, 0.1) is 37.9 Å². The average Bonchev–Trinajstić information content (AvgIpc) is 2.97. The molecule has 0 saturated heterocycles. The van der Waals surface area contributed by atoms with Crippen molar-refractivity contribution in [2.75, 3.05) is 13.2 Å². The highest BCUT2D eigenvalue weighted by Crippen LogP contribution is 2.40. The van der Waals surface area contributed by atoms with Crippen molar-refractivity contribution in [1.82, 2.24) is 0 Å². The van der Waals surface area contributed by atoms with Crippen LogP contribution in [0.15, 0.2) is 30.3 Å². The summed E-state index contributed by atoms with van der Waals surface area (Å²) in [6.45, 7) is 4.48. The second kappa shape index (κ2) is 9.16. The highest BCUT2D eigenvalue weighted by molar-refractivity contribution is 5.72. The van der Waals surface area contributed by atoms with Gasteiger partial charge in [0.25, 0.3) is 0 Å². The topological polar surface area (TPSA) is 76.0 Å². The average molecular weight is 336 g/mol. The molecule has 5 heteroatoms. The van der Waals surface area contributed by atoms with Crippen LogP contribution in [0.4, 0.5) is 0 Å². The minimum Gasteiger partial charge on any atom is -0.466 e. The molecular weight excluding hydrogens is 308 g/mol. The molecule has 24 heavy (non-hydrogen) atoms. The zero-order valence-corrected chi connectivity index (χ0v) is 14.4. The highest BCUT2D eigenvalue weighted by Gasteiger charge is 2.44. The number of rotatable bonds is 8. The van der Waals surface area contributed by atoms with E-state index >= 15 is 0 Å². The Morgan fingerprint density at radius 2 is 2.00 bits per heavy atom. The SMILES string of the molecule is CCOC(=O)[C@@H](C)[C@H]1CC[C@H](O)[C@H]1[C@@H](O)COCc1ccccc1. The maximum absolute atomic E-state index is 12.0. The van der Waals surface area contributed by atoms with Gasteiger partial charge in [-0.3, -0.25) is 4.79 Å². The molecule has 2 N–H and O–H groups in total. The summed E-state index contributed by atoms with van der Waals surface area (Å²) in [5, 5.41) is 20.7. The molecule has 0 aromatic heterocycles. The van der Waals surface area contributed by atoms with Crippen LogP contribution in [0.2, 0.25) is 0 Å². The number of aliphatic hydroxyl groups is 2. The Kier molecular flexibility index (Phi) is 7.21. The molecule has 1 aliphatic carbocycles. The fraction of sp³-hybridized carbons (Fsp3) is 0.632. The molecule has 134 valence electrons. The van der Waals surface area contributed by atoms with Crippen molar-refractivity contribution in [2.24, 2.45) is 17.8 Å². The minimum absolute atomic E-state index is 0.0885. The van der Waals surface area contributed by atoms with E-state index < -0.39 is 12.2 Å². The number of hydrogen-bond donors (Lipinski definition) is 2. The van der Waals surface area contributed by atoms with Crippen molar-refractivity contribution in [3.8, 4) is 0 Å². The lowest BCUT2D eigenvalue weighted by molar-refractivity contribution is -0.151. The van der Waals surface area contributed by atoms with Crippen LogP contribution in [0.3, 0.4) is 0 Å². The molecule has 0 unspecified atom stereocenters. The summed E-state index contributed by atoms with van der Waals surface area (Å²) in [4.78, 5) is 12.0. The van der Waals surface area contributed by atoms with Gasteiger partial charge in [0.15, 0.2) is 0 Å². The second-order valence-electron chi connectivity index (χ2n) is 6.49. The minimum atomic E-state index is -0.798. The number of esters is 1. The number of hydrogen-bond acceptors (Lipinski definition) is 5. The van der Waals surface area contributed by atoms with Crippen molar-refractivity contribution in [2.45, 2.75) is 45.5 Å². The highest BCUT2D eigenvalue weighted by atomic mass is 16.5. The van der Waals surface area contributed by atoms with Gasteiger partial charge < -0.3 is 19.7 Å². The van der Waals surface area contributed by atoms with Crippen LogP contribution in [0.1, 0.15) is 32.3 Å². The van der Waals surface area contributed by atoms with Gasteiger partial charge in [-0.25, -0.2) is 0 Å². The molecule has 1 saturated carbocycles. The third kappa shape index (κ3) is 4.79. The summed E-state index contributed by atoms with van der Waals surface area (Å²) in [5.41, 5.74) is 1.04. The monoisotopic (exact) mass is 336 g/mol. The van der Waals surface area contributed by atoms with Gasteiger partial charge in [-0.05, 0) is 31.2 Å². The summed E-state index contributed by atoms with van der Waals surface area (Å²) in [7, 11) is 0. The second-order valence-corrected chi connectivity index (χ2v) is 6.49. The quantitative estimate of drug-likeness (QED) is 0.712. The predicted molar refractivity (Wildman–Crippen MR) is 90.1 cm³/mol. The first kappa shape index (κ1) is 18.9. The fourth-order valence-corrected chi connectivity index (χ4v) is 3.59. The summed E-state index contributed by atoms with van der Waals surface area (Å²) in [5.74, 6) is -1.05. The van der Waals surface area contributed by atoms with Crippen LogP contribution in [0, 0.1) is 17.8 Å². The predicted octanol–water partition coefficient (Wildman–Crippen LogP) is 2.15. The molecule has 0 spiro atoms. The van der Waals surface area contributed by atoms with Crippen LogP contribution in [-0.2, 0) is 20.9 Å². The molecule has 0 aliphatic heterocycles. The number of carbonyl (C=O) groups is 1. The Hall–Kier alpha value is -1.43. The van der Waals surface area contributed by atoms with Crippen molar-refractivity contribution in [3.05, 3.63) is 35.9 Å². The number of aliphatic hydroxyl groups excluding tert-OH is 2. The molecule has 1 aromatic carbocycles. The number of carbonyl (C=O) groups excluding carboxylic acids is 1. The number of ether oxygens (including phenoxy) is 2. The normalized spacial score (nSPS) is 26.1. The fourth-order valence-electron chi connectivity index (χ4n) is 3.59. The lowest BCUT2D eigenvalue weighted by Gasteiger charge is -2.30. The molecule has 1 aromatic rings. The Labute approximate surface area is 143 Å². The van der Waals surface area contributed by atoms with Crippen molar-refractivity contribution < 1.29 is 24.5 Å². The maximum atomic E-state index is 12.0. The largest absolute Gasteiger partial charge is 0.466 e. The molecule has 1 fully saturated rings. The summed E-state index contributed by atoms with van der Waals surface area (Å²) in [6, 6.07) is 9.74. The zero-order chi connectivity index (χ0) is 17.5. The van der Waals surface area contributed by atoms with Crippen LogP contribution < -0.4 is 0 Å². The van der Waals surface area contributed by atoms with E-state index in [-0.39, 0.29) is 30.3 Å².